The third-order valence-electron chi connectivity index (χ3n) is 3.85. The number of carbonyl (C=O) groups excluding carboxylic acids is 1. The van der Waals surface area contributed by atoms with Crippen molar-refractivity contribution >= 4 is 17.5 Å². The molecule has 1 saturated heterocycles. The van der Waals surface area contributed by atoms with Crippen LogP contribution in [0.15, 0.2) is 24.3 Å². The summed E-state index contributed by atoms with van der Waals surface area (Å²) in [5, 5.41) is 0.716. The average Bonchev–Trinajstić information content (AvgIpc) is 3.21. The first-order chi connectivity index (χ1) is 8.72. The molecule has 4 heteroatoms. The minimum absolute atomic E-state index is 0.258. The van der Waals surface area contributed by atoms with E-state index >= 15 is 0 Å². The maximum atomic E-state index is 12.6. The third kappa shape index (κ3) is 2.02. The SMILES string of the molecule is O=C(N1CCOCC1)C1(c2ccc(Cl)cc2)CC1. The molecule has 0 bridgehead atoms. The summed E-state index contributed by atoms with van der Waals surface area (Å²) in [5.74, 6) is 0.258. The largest absolute Gasteiger partial charge is 0.378 e. The van der Waals surface area contributed by atoms with Gasteiger partial charge in [-0.15, -0.1) is 0 Å². The van der Waals surface area contributed by atoms with Crippen LogP contribution in [0.5, 0.6) is 0 Å². The quantitative estimate of drug-likeness (QED) is 0.821. The van der Waals surface area contributed by atoms with Gasteiger partial charge in [0.1, 0.15) is 0 Å². The van der Waals surface area contributed by atoms with Crippen LogP contribution < -0.4 is 0 Å². The summed E-state index contributed by atoms with van der Waals surface area (Å²) in [7, 11) is 0. The summed E-state index contributed by atoms with van der Waals surface area (Å²) >= 11 is 5.90. The van der Waals surface area contributed by atoms with Crippen molar-refractivity contribution in [2.24, 2.45) is 0 Å². The summed E-state index contributed by atoms with van der Waals surface area (Å²) < 4.78 is 5.29. The van der Waals surface area contributed by atoms with Crippen molar-refractivity contribution in [3.8, 4) is 0 Å². The van der Waals surface area contributed by atoms with Crippen LogP contribution >= 0.6 is 11.6 Å². The summed E-state index contributed by atoms with van der Waals surface area (Å²) in [6.45, 7) is 2.74. The molecule has 2 aliphatic rings. The molecular weight excluding hydrogens is 250 g/mol. The Morgan fingerprint density at radius 2 is 1.78 bits per heavy atom. The molecule has 0 atom stereocenters. The van der Waals surface area contributed by atoms with E-state index in [4.69, 9.17) is 16.3 Å². The van der Waals surface area contributed by atoms with Gasteiger partial charge in [-0.25, -0.2) is 0 Å². The first kappa shape index (κ1) is 12.0. The molecule has 3 rings (SSSR count). The summed E-state index contributed by atoms with van der Waals surface area (Å²) in [5.41, 5.74) is 0.824. The van der Waals surface area contributed by atoms with Gasteiger partial charge in [0.15, 0.2) is 0 Å². The monoisotopic (exact) mass is 265 g/mol. The fourth-order valence-corrected chi connectivity index (χ4v) is 2.72. The van der Waals surface area contributed by atoms with Crippen molar-refractivity contribution in [2.45, 2.75) is 18.3 Å². The molecule has 1 aliphatic heterocycles. The van der Waals surface area contributed by atoms with Gasteiger partial charge in [0.2, 0.25) is 5.91 Å². The molecule has 18 heavy (non-hydrogen) atoms. The lowest BCUT2D eigenvalue weighted by molar-refractivity contribution is -0.138. The predicted molar refractivity (Wildman–Crippen MR) is 69.8 cm³/mol. The van der Waals surface area contributed by atoms with Crippen LogP contribution in [0.3, 0.4) is 0 Å². The van der Waals surface area contributed by atoms with Gasteiger partial charge in [-0.05, 0) is 30.5 Å². The van der Waals surface area contributed by atoms with Gasteiger partial charge in [0.25, 0.3) is 0 Å². The maximum Gasteiger partial charge on any atom is 0.233 e. The molecule has 0 aromatic heterocycles. The fraction of sp³-hybridized carbons (Fsp3) is 0.500. The summed E-state index contributed by atoms with van der Waals surface area (Å²) in [6, 6.07) is 7.69. The first-order valence-corrected chi connectivity index (χ1v) is 6.73. The third-order valence-corrected chi connectivity index (χ3v) is 4.11. The lowest BCUT2D eigenvalue weighted by Gasteiger charge is -2.30. The maximum absolute atomic E-state index is 12.6. The number of hydrogen-bond acceptors (Lipinski definition) is 2. The van der Waals surface area contributed by atoms with E-state index in [0.29, 0.717) is 31.3 Å². The Balaban J connectivity index is 1.81. The van der Waals surface area contributed by atoms with Gasteiger partial charge >= 0.3 is 0 Å². The fourth-order valence-electron chi connectivity index (χ4n) is 2.59. The van der Waals surface area contributed by atoms with Crippen LogP contribution in [0, 0.1) is 0 Å². The molecule has 1 heterocycles. The molecular formula is C14H16ClNO2. The first-order valence-electron chi connectivity index (χ1n) is 6.35. The van der Waals surface area contributed by atoms with Crippen LogP contribution in [0.1, 0.15) is 18.4 Å². The van der Waals surface area contributed by atoms with Gasteiger partial charge in [-0.3, -0.25) is 4.79 Å². The Bertz CT molecular complexity index is 447. The molecule has 1 aromatic carbocycles. The van der Waals surface area contributed by atoms with Crippen molar-refractivity contribution in [3.05, 3.63) is 34.9 Å². The number of rotatable bonds is 2. The van der Waals surface area contributed by atoms with Gasteiger partial charge in [0, 0.05) is 18.1 Å². The number of benzene rings is 1. The van der Waals surface area contributed by atoms with Crippen LogP contribution in [-0.4, -0.2) is 37.1 Å². The number of carbonyl (C=O) groups is 1. The standard InChI is InChI=1S/C14H16ClNO2/c15-12-3-1-11(2-4-12)14(5-6-14)13(17)16-7-9-18-10-8-16/h1-4H,5-10H2. The second-order valence-electron chi connectivity index (χ2n) is 4.99. The number of ether oxygens (including phenoxy) is 1. The smallest absolute Gasteiger partial charge is 0.233 e. The topological polar surface area (TPSA) is 29.5 Å². The molecule has 0 unspecified atom stereocenters. The Kier molecular flexibility index (Phi) is 3.04. The number of hydrogen-bond donors (Lipinski definition) is 0. The van der Waals surface area contributed by atoms with E-state index in [-0.39, 0.29) is 11.3 Å². The van der Waals surface area contributed by atoms with E-state index in [1.807, 2.05) is 29.2 Å². The van der Waals surface area contributed by atoms with E-state index in [1.165, 1.54) is 0 Å². The molecule has 1 aromatic rings. The second-order valence-corrected chi connectivity index (χ2v) is 5.43. The van der Waals surface area contributed by atoms with E-state index in [1.54, 1.807) is 0 Å². The summed E-state index contributed by atoms with van der Waals surface area (Å²) in [4.78, 5) is 14.5. The highest BCUT2D eigenvalue weighted by atomic mass is 35.5. The minimum atomic E-state index is -0.276. The van der Waals surface area contributed by atoms with E-state index in [2.05, 4.69) is 0 Å². The molecule has 3 nitrogen and oxygen atoms in total. The molecule has 2 fully saturated rings. The van der Waals surface area contributed by atoms with Crippen molar-refractivity contribution in [3.63, 3.8) is 0 Å². The summed E-state index contributed by atoms with van der Waals surface area (Å²) in [6.07, 6.45) is 1.90. The average molecular weight is 266 g/mol. The van der Waals surface area contributed by atoms with Gasteiger partial charge < -0.3 is 9.64 Å². The lowest BCUT2D eigenvalue weighted by Crippen LogP contribution is -2.45. The van der Waals surface area contributed by atoms with Crippen molar-refractivity contribution < 1.29 is 9.53 Å². The zero-order valence-corrected chi connectivity index (χ0v) is 10.9. The highest BCUT2D eigenvalue weighted by molar-refractivity contribution is 6.30. The number of amides is 1. The minimum Gasteiger partial charge on any atom is -0.378 e. The Labute approximate surface area is 112 Å². The van der Waals surface area contributed by atoms with Crippen LogP contribution in [0.4, 0.5) is 0 Å². The van der Waals surface area contributed by atoms with Crippen molar-refractivity contribution in [1.82, 2.24) is 4.90 Å². The Morgan fingerprint density at radius 3 is 2.33 bits per heavy atom. The zero-order chi connectivity index (χ0) is 12.6. The van der Waals surface area contributed by atoms with Gasteiger partial charge in [-0.1, -0.05) is 23.7 Å². The van der Waals surface area contributed by atoms with Crippen molar-refractivity contribution in [1.29, 1.82) is 0 Å². The highest BCUT2D eigenvalue weighted by Gasteiger charge is 2.52. The Hall–Kier alpha value is -1.06. The van der Waals surface area contributed by atoms with Crippen LogP contribution in [0.25, 0.3) is 0 Å². The zero-order valence-electron chi connectivity index (χ0n) is 10.2. The number of nitrogens with zero attached hydrogens (tertiary/aromatic N) is 1. The Morgan fingerprint density at radius 1 is 1.17 bits per heavy atom. The van der Waals surface area contributed by atoms with Gasteiger partial charge in [0.05, 0.1) is 18.6 Å². The predicted octanol–water partition coefficient (Wildman–Crippen LogP) is 2.23. The molecule has 96 valence electrons. The van der Waals surface area contributed by atoms with E-state index < -0.39 is 0 Å². The van der Waals surface area contributed by atoms with E-state index in [0.717, 1.165) is 18.4 Å². The van der Waals surface area contributed by atoms with E-state index in [9.17, 15) is 4.79 Å². The van der Waals surface area contributed by atoms with Gasteiger partial charge in [-0.2, -0.15) is 0 Å². The highest BCUT2D eigenvalue weighted by Crippen LogP contribution is 2.49. The molecule has 0 spiro atoms. The second kappa shape index (κ2) is 4.56. The molecule has 1 aliphatic carbocycles. The molecule has 0 N–H and O–H groups in total. The normalized spacial score (nSPS) is 21.7. The molecule has 1 amide bonds. The number of halogens is 1. The lowest BCUT2D eigenvalue weighted by atomic mass is 9.94. The molecule has 0 radical (unpaired) electrons. The molecule has 1 saturated carbocycles. The van der Waals surface area contributed by atoms with Crippen LogP contribution in [-0.2, 0) is 14.9 Å². The van der Waals surface area contributed by atoms with Crippen LogP contribution in [0.2, 0.25) is 5.02 Å². The van der Waals surface area contributed by atoms with Crippen molar-refractivity contribution in [2.75, 3.05) is 26.3 Å². The number of morpholine rings is 1.